The molecule has 2 fully saturated rings. The number of nitro benzene ring substituents is 1. The molecule has 0 bridgehead atoms. The van der Waals surface area contributed by atoms with Crippen LogP contribution in [0.15, 0.2) is 42.5 Å². The van der Waals surface area contributed by atoms with E-state index in [1.54, 1.807) is 21.9 Å². The second kappa shape index (κ2) is 8.86. The van der Waals surface area contributed by atoms with Crippen LogP contribution in [0, 0.1) is 24.0 Å². The zero-order chi connectivity index (χ0) is 22.8. The lowest BCUT2D eigenvalue weighted by atomic mass is 10.1. The van der Waals surface area contributed by atoms with Gasteiger partial charge in [0.2, 0.25) is 5.91 Å². The summed E-state index contributed by atoms with van der Waals surface area (Å²) in [5.74, 6) is 0.0153. The number of anilines is 2. The van der Waals surface area contributed by atoms with Crippen LogP contribution >= 0.6 is 0 Å². The van der Waals surface area contributed by atoms with Gasteiger partial charge in [-0.3, -0.25) is 14.9 Å². The van der Waals surface area contributed by atoms with Crippen molar-refractivity contribution in [1.82, 2.24) is 10.2 Å². The van der Waals surface area contributed by atoms with E-state index in [1.807, 2.05) is 32.0 Å². The topological polar surface area (TPSA) is 99.0 Å². The van der Waals surface area contributed by atoms with Crippen LogP contribution in [0.25, 0.3) is 0 Å². The van der Waals surface area contributed by atoms with Gasteiger partial charge in [-0.05, 0) is 49.2 Å². The Kier molecular flexibility index (Phi) is 5.98. The molecule has 168 valence electrons. The molecule has 2 heterocycles. The van der Waals surface area contributed by atoms with Crippen molar-refractivity contribution >= 4 is 29.0 Å². The molecular weight excluding hydrogens is 410 g/mol. The maximum Gasteiger partial charge on any atom is 0.317 e. The van der Waals surface area contributed by atoms with Crippen LogP contribution in [-0.2, 0) is 4.79 Å². The van der Waals surface area contributed by atoms with E-state index in [2.05, 4.69) is 10.2 Å². The Balaban J connectivity index is 1.30. The Morgan fingerprint density at radius 1 is 1.00 bits per heavy atom. The van der Waals surface area contributed by atoms with E-state index in [9.17, 15) is 19.7 Å². The number of piperazine rings is 1. The van der Waals surface area contributed by atoms with Gasteiger partial charge in [0.05, 0.1) is 11.0 Å². The van der Waals surface area contributed by atoms with Crippen LogP contribution in [0.4, 0.5) is 21.9 Å². The van der Waals surface area contributed by atoms with Gasteiger partial charge in [-0.15, -0.1) is 0 Å². The average Bonchev–Trinajstić information content (AvgIpc) is 3.15. The van der Waals surface area contributed by atoms with Gasteiger partial charge < -0.3 is 20.0 Å². The number of aryl methyl sites for hydroxylation is 2. The highest BCUT2D eigenvalue weighted by atomic mass is 16.6. The minimum absolute atomic E-state index is 0.0153. The Hall–Kier alpha value is -3.62. The fourth-order valence-electron chi connectivity index (χ4n) is 4.17. The fourth-order valence-corrected chi connectivity index (χ4v) is 4.17. The first-order valence-corrected chi connectivity index (χ1v) is 10.7. The maximum atomic E-state index is 12.8. The van der Waals surface area contributed by atoms with Crippen molar-refractivity contribution in [2.24, 2.45) is 0 Å². The second-order valence-electron chi connectivity index (χ2n) is 8.37. The minimum atomic E-state index is -0.416. The SMILES string of the molecule is Cc1ccc(N2C[C@H](NC(=O)N3CCN(c4ccc([N+](=O)[O-])cc4)CC3)CC2=O)cc1C. The molecule has 0 aromatic heterocycles. The Bertz CT molecular complexity index is 1030. The molecule has 0 radical (unpaired) electrons. The van der Waals surface area contributed by atoms with Crippen molar-refractivity contribution in [3.8, 4) is 0 Å². The molecule has 9 nitrogen and oxygen atoms in total. The van der Waals surface area contributed by atoms with E-state index in [1.165, 1.54) is 17.7 Å². The smallest absolute Gasteiger partial charge is 0.317 e. The van der Waals surface area contributed by atoms with E-state index in [0.29, 0.717) is 39.1 Å². The second-order valence-corrected chi connectivity index (χ2v) is 8.37. The predicted molar refractivity (Wildman–Crippen MR) is 122 cm³/mol. The third kappa shape index (κ3) is 4.51. The summed E-state index contributed by atoms with van der Waals surface area (Å²) in [6, 6.07) is 12.0. The Morgan fingerprint density at radius 2 is 1.66 bits per heavy atom. The van der Waals surface area contributed by atoms with Gasteiger partial charge in [0.1, 0.15) is 0 Å². The number of amides is 3. The van der Waals surface area contributed by atoms with Gasteiger partial charge in [0.25, 0.3) is 5.69 Å². The monoisotopic (exact) mass is 437 g/mol. The third-order valence-corrected chi connectivity index (χ3v) is 6.25. The average molecular weight is 438 g/mol. The number of urea groups is 1. The number of hydrogen-bond acceptors (Lipinski definition) is 5. The number of carbonyl (C=O) groups is 2. The Morgan fingerprint density at radius 3 is 2.28 bits per heavy atom. The standard InChI is InChI=1S/C23H27N5O4/c1-16-3-4-21(13-17(16)2)27-15-18(14-22(27)29)24-23(30)26-11-9-25(10-12-26)19-5-7-20(8-6-19)28(31)32/h3-8,13,18H,9-12,14-15H2,1-2H3,(H,24,30)/t18-/m1/s1. The van der Waals surface area contributed by atoms with Gasteiger partial charge in [0, 0.05) is 62.7 Å². The van der Waals surface area contributed by atoms with Crippen molar-refractivity contribution in [1.29, 1.82) is 0 Å². The van der Waals surface area contributed by atoms with Gasteiger partial charge >= 0.3 is 6.03 Å². The van der Waals surface area contributed by atoms with Gasteiger partial charge in [0.15, 0.2) is 0 Å². The largest absolute Gasteiger partial charge is 0.368 e. The van der Waals surface area contributed by atoms with Crippen LogP contribution < -0.4 is 15.1 Å². The number of rotatable bonds is 4. The lowest BCUT2D eigenvalue weighted by molar-refractivity contribution is -0.384. The summed E-state index contributed by atoms with van der Waals surface area (Å²) < 4.78 is 0. The molecule has 0 spiro atoms. The van der Waals surface area contributed by atoms with Crippen molar-refractivity contribution in [2.75, 3.05) is 42.5 Å². The highest BCUT2D eigenvalue weighted by Gasteiger charge is 2.33. The summed E-state index contributed by atoms with van der Waals surface area (Å²) >= 11 is 0. The lowest BCUT2D eigenvalue weighted by Crippen LogP contribution is -2.53. The van der Waals surface area contributed by atoms with Crippen LogP contribution in [0.2, 0.25) is 0 Å². The molecular formula is C23H27N5O4. The fraction of sp³-hybridized carbons (Fsp3) is 0.391. The molecule has 9 heteroatoms. The number of non-ortho nitro benzene ring substituents is 1. The summed E-state index contributed by atoms with van der Waals surface area (Å²) in [6.45, 7) is 6.90. The van der Waals surface area contributed by atoms with Crippen LogP contribution in [0.1, 0.15) is 17.5 Å². The van der Waals surface area contributed by atoms with Crippen LogP contribution in [0.5, 0.6) is 0 Å². The molecule has 1 atom stereocenters. The first-order chi connectivity index (χ1) is 15.3. The molecule has 0 aliphatic carbocycles. The number of carbonyl (C=O) groups excluding carboxylic acids is 2. The van der Waals surface area contributed by atoms with Gasteiger partial charge in [-0.2, -0.15) is 0 Å². The number of nitrogens with one attached hydrogen (secondary N) is 1. The van der Waals surface area contributed by atoms with Crippen LogP contribution in [-0.4, -0.2) is 60.5 Å². The summed E-state index contributed by atoms with van der Waals surface area (Å²) in [7, 11) is 0. The lowest BCUT2D eigenvalue weighted by Gasteiger charge is -2.36. The van der Waals surface area contributed by atoms with E-state index in [-0.39, 0.29) is 23.7 Å². The first kappa shape index (κ1) is 21.6. The van der Waals surface area contributed by atoms with Gasteiger partial charge in [-0.25, -0.2) is 4.79 Å². The molecule has 2 aliphatic heterocycles. The van der Waals surface area contributed by atoms with E-state index in [0.717, 1.165) is 16.9 Å². The van der Waals surface area contributed by atoms with E-state index in [4.69, 9.17) is 0 Å². The molecule has 2 aliphatic rings. The maximum absolute atomic E-state index is 12.8. The predicted octanol–water partition coefficient (Wildman–Crippen LogP) is 2.85. The number of nitrogens with zero attached hydrogens (tertiary/aromatic N) is 4. The highest BCUT2D eigenvalue weighted by Crippen LogP contribution is 2.24. The van der Waals surface area contributed by atoms with Crippen molar-refractivity contribution in [3.63, 3.8) is 0 Å². The minimum Gasteiger partial charge on any atom is -0.368 e. The highest BCUT2D eigenvalue weighted by molar-refractivity contribution is 5.97. The van der Waals surface area contributed by atoms with E-state index >= 15 is 0 Å². The molecule has 1 N–H and O–H groups in total. The summed E-state index contributed by atoms with van der Waals surface area (Å²) in [5.41, 5.74) is 4.15. The number of hydrogen-bond donors (Lipinski definition) is 1. The Labute approximate surface area is 186 Å². The molecule has 0 unspecified atom stereocenters. The van der Waals surface area contributed by atoms with E-state index < -0.39 is 4.92 Å². The first-order valence-electron chi connectivity index (χ1n) is 10.7. The van der Waals surface area contributed by atoms with Crippen LogP contribution in [0.3, 0.4) is 0 Å². The summed E-state index contributed by atoms with van der Waals surface area (Å²) in [4.78, 5) is 41.3. The summed E-state index contributed by atoms with van der Waals surface area (Å²) in [5, 5.41) is 13.8. The third-order valence-electron chi connectivity index (χ3n) is 6.25. The quantitative estimate of drug-likeness (QED) is 0.586. The van der Waals surface area contributed by atoms with Crippen molar-refractivity contribution in [2.45, 2.75) is 26.3 Å². The molecule has 32 heavy (non-hydrogen) atoms. The normalized spacial score (nSPS) is 18.8. The molecule has 3 amide bonds. The number of benzene rings is 2. The molecule has 4 rings (SSSR count). The molecule has 2 aromatic carbocycles. The zero-order valence-electron chi connectivity index (χ0n) is 18.3. The molecule has 2 saturated heterocycles. The molecule has 2 aromatic rings. The zero-order valence-corrected chi connectivity index (χ0v) is 18.3. The summed E-state index contributed by atoms with van der Waals surface area (Å²) in [6.07, 6.45) is 0.293. The molecule has 0 saturated carbocycles. The van der Waals surface area contributed by atoms with Crippen molar-refractivity contribution in [3.05, 3.63) is 63.7 Å². The number of nitro groups is 1. The van der Waals surface area contributed by atoms with Crippen molar-refractivity contribution < 1.29 is 14.5 Å². The van der Waals surface area contributed by atoms with Gasteiger partial charge in [-0.1, -0.05) is 6.07 Å².